The first kappa shape index (κ1) is 14.8. The topological polar surface area (TPSA) is 89.3 Å². The largest absolute Gasteiger partial charge is 0.346 e. The van der Waals surface area contributed by atoms with Gasteiger partial charge in [-0.3, -0.25) is 14.9 Å². The highest BCUT2D eigenvalue weighted by Crippen LogP contribution is 2.11. The third kappa shape index (κ3) is 5.29. The first-order valence-electron chi connectivity index (χ1n) is 5.91. The molecule has 1 N–H and O–H groups in total. The molecule has 0 unspecified atom stereocenters. The van der Waals surface area contributed by atoms with Gasteiger partial charge in [0.1, 0.15) is 12.3 Å². The summed E-state index contributed by atoms with van der Waals surface area (Å²) in [5, 5.41) is 13.1. The van der Waals surface area contributed by atoms with Gasteiger partial charge in [-0.15, -0.1) is 0 Å². The summed E-state index contributed by atoms with van der Waals surface area (Å²) in [5.74, 6) is -0.997. The van der Waals surface area contributed by atoms with E-state index in [9.17, 15) is 19.7 Å². The first-order valence-corrected chi connectivity index (χ1v) is 5.91. The van der Waals surface area contributed by atoms with Crippen LogP contribution in [0.15, 0.2) is 30.3 Å². The van der Waals surface area contributed by atoms with E-state index >= 15 is 0 Å². The fourth-order valence-electron chi connectivity index (χ4n) is 1.88. The van der Waals surface area contributed by atoms with E-state index in [0.717, 1.165) is 5.56 Å². The second-order valence-electron chi connectivity index (χ2n) is 4.31. The van der Waals surface area contributed by atoms with E-state index in [2.05, 4.69) is 5.32 Å². The quantitative estimate of drug-likeness (QED) is 0.448. The predicted octanol–water partition coefficient (Wildman–Crippen LogP) is 0.826. The molecule has 1 aromatic carbocycles. The molecule has 0 spiro atoms. The fraction of sp³-hybridized carbons (Fsp3) is 0.385. The number of carbonyl (C=O) groups is 2. The van der Waals surface area contributed by atoms with Crippen LogP contribution < -0.4 is 5.32 Å². The maximum Gasteiger partial charge on any atom is 0.224 e. The second kappa shape index (κ2) is 7.25. The molecule has 102 valence electrons. The minimum atomic E-state index is -0.787. The Morgan fingerprint density at radius 1 is 1.42 bits per heavy atom. The zero-order chi connectivity index (χ0) is 14.3. The van der Waals surface area contributed by atoms with Crippen molar-refractivity contribution in [1.29, 1.82) is 0 Å². The molecule has 0 aromatic heterocycles. The summed E-state index contributed by atoms with van der Waals surface area (Å²) in [6.45, 7) is 0.813. The highest BCUT2D eigenvalue weighted by atomic mass is 16.6. The van der Waals surface area contributed by atoms with Crippen LogP contribution in [0.5, 0.6) is 0 Å². The van der Waals surface area contributed by atoms with Gasteiger partial charge in [0, 0.05) is 17.8 Å². The van der Waals surface area contributed by atoms with E-state index < -0.39 is 23.4 Å². The molecule has 0 saturated heterocycles. The maximum absolute atomic E-state index is 11.1. The van der Waals surface area contributed by atoms with E-state index in [1.165, 1.54) is 6.92 Å². The van der Waals surface area contributed by atoms with Gasteiger partial charge in [0.15, 0.2) is 0 Å². The smallest absolute Gasteiger partial charge is 0.224 e. The normalized spacial score (nSPS) is 13.3. The lowest BCUT2D eigenvalue weighted by molar-refractivity contribution is -0.484. The van der Waals surface area contributed by atoms with Crippen LogP contribution in [0.25, 0.3) is 0 Å². The molecule has 0 aliphatic carbocycles. The number of nitrogens with zero attached hydrogens (tertiary/aromatic N) is 1. The van der Waals surface area contributed by atoms with Gasteiger partial charge in [-0.05, 0) is 12.0 Å². The number of hydrogen-bond acceptors (Lipinski definition) is 4. The van der Waals surface area contributed by atoms with E-state index in [1.807, 2.05) is 30.3 Å². The van der Waals surface area contributed by atoms with Crippen LogP contribution >= 0.6 is 0 Å². The minimum absolute atomic E-state index is 0.364. The second-order valence-corrected chi connectivity index (χ2v) is 4.31. The van der Waals surface area contributed by atoms with Crippen LogP contribution in [0.1, 0.15) is 12.5 Å². The summed E-state index contributed by atoms with van der Waals surface area (Å²) in [4.78, 5) is 32.3. The Kier molecular flexibility index (Phi) is 5.66. The van der Waals surface area contributed by atoms with Crippen molar-refractivity contribution >= 4 is 12.2 Å². The highest BCUT2D eigenvalue weighted by molar-refractivity contribution is 5.74. The summed E-state index contributed by atoms with van der Waals surface area (Å²) in [6.07, 6.45) is 1.03. The molecule has 0 fully saturated rings. The van der Waals surface area contributed by atoms with E-state index in [4.69, 9.17) is 0 Å². The molecule has 1 amide bonds. The van der Waals surface area contributed by atoms with Crippen molar-refractivity contribution in [1.82, 2.24) is 5.32 Å². The van der Waals surface area contributed by atoms with Crippen LogP contribution in [0, 0.1) is 16.0 Å². The third-order valence-corrected chi connectivity index (χ3v) is 2.74. The van der Waals surface area contributed by atoms with Gasteiger partial charge in [0.2, 0.25) is 12.5 Å². The highest BCUT2D eigenvalue weighted by Gasteiger charge is 2.26. The summed E-state index contributed by atoms with van der Waals surface area (Å²) in [7, 11) is 0. The van der Waals surface area contributed by atoms with E-state index in [-0.39, 0.29) is 5.91 Å². The molecule has 0 radical (unpaired) electrons. The fourth-order valence-corrected chi connectivity index (χ4v) is 1.88. The Hall–Kier alpha value is -2.24. The van der Waals surface area contributed by atoms with Gasteiger partial charge in [0.25, 0.3) is 0 Å². The Balaban J connectivity index is 2.80. The molecule has 1 rings (SSSR count). The number of carbonyl (C=O) groups excluding carboxylic acids is 2. The van der Waals surface area contributed by atoms with Gasteiger partial charge in [-0.1, -0.05) is 30.3 Å². The van der Waals surface area contributed by atoms with Crippen molar-refractivity contribution in [3.63, 3.8) is 0 Å². The van der Waals surface area contributed by atoms with Crippen molar-refractivity contribution in [3.05, 3.63) is 46.0 Å². The van der Waals surface area contributed by atoms with Crippen LogP contribution in [0.3, 0.4) is 0 Å². The number of nitro groups is 1. The molecule has 0 heterocycles. The number of rotatable bonds is 7. The van der Waals surface area contributed by atoms with Gasteiger partial charge in [0.05, 0.1) is 0 Å². The van der Waals surface area contributed by atoms with Crippen LogP contribution in [-0.2, 0) is 16.0 Å². The lowest BCUT2D eigenvalue weighted by Crippen LogP contribution is -2.45. The Labute approximate surface area is 111 Å². The maximum atomic E-state index is 11.1. The SMILES string of the molecule is CC(=O)N[C@H](C[N+](=O)[O-])[C@H](C=O)Cc1ccccc1. The van der Waals surface area contributed by atoms with Crippen LogP contribution in [0.4, 0.5) is 0 Å². The van der Waals surface area contributed by atoms with Gasteiger partial charge in [-0.2, -0.15) is 0 Å². The summed E-state index contributed by atoms with van der Waals surface area (Å²) >= 11 is 0. The van der Waals surface area contributed by atoms with E-state index in [0.29, 0.717) is 12.7 Å². The minimum Gasteiger partial charge on any atom is -0.346 e. The molecule has 1 aromatic rings. The van der Waals surface area contributed by atoms with Gasteiger partial charge >= 0.3 is 0 Å². The standard InChI is InChI=1S/C13H16N2O4/c1-10(17)14-13(8-15(18)19)12(9-16)7-11-5-3-2-4-6-11/h2-6,9,12-13H,7-8H2,1H3,(H,14,17)/t12-,13+/m0/s1. The number of benzene rings is 1. The summed E-state index contributed by atoms with van der Waals surface area (Å²) in [6, 6.07) is 8.41. The molecule has 0 aliphatic rings. The van der Waals surface area contributed by atoms with Crippen molar-refractivity contribution in [3.8, 4) is 0 Å². The molecule has 0 aliphatic heterocycles. The Bertz CT molecular complexity index is 431. The number of hydrogen-bond donors (Lipinski definition) is 1. The number of nitrogens with one attached hydrogen (secondary N) is 1. The van der Waals surface area contributed by atoms with Gasteiger partial charge in [-0.25, -0.2) is 0 Å². The van der Waals surface area contributed by atoms with Crippen molar-refractivity contribution in [2.24, 2.45) is 5.92 Å². The lowest BCUT2D eigenvalue weighted by Gasteiger charge is -2.20. The van der Waals surface area contributed by atoms with Crippen LogP contribution in [0.2, 0.25) is 0 Å². The van der Waals surface area contributed by atoms with Crippen molar-refractivity contribution < 1.29 is 14.5 Å². The molecule has 0 saturated carbocycles. The van der Waals surface area contributed by atoms with Gasteiger partial charge < -0.3 is 10.1 Å². The monoisotopic (exact) mass is 264 g/mol. The average molecular weight is 264 g/mol. The lowest BCUT2D eigenvalue weighted by atomic mass is 9.93. The Morgan fingerprint density at radius 3 is 2.53 bits per heavy atom. The van der Waals surface area contributed by atoms with Crippen molar-refractivity contribution in [2.45, 2.75) is 19.4 Å². The van der Waals surface area contributed by atoms with Crippen molar-refractivity contribution in [2.75, 3.05) is 6.54 Å². The summed E-state index contributed by atoms with van der Waals surface area (Å²) < 4.78 is 0. The molecule has 0 bridgehead atoms. The third-order valence-electron chi connectivity index (χ3n) is 2.74. The molecular formula is C13H16N2O4. The first-order chi connectivity index (χ1) is 9.02. The molecule has 19 heavy (non-hydrogen) atoms. The number of aldehydes is 1. The predicted molar refractivity (Wildman–Crippen MR) is 69.2 cm³/mol. The molecule has 6 heteroatoms. The van der Waals surface area contributed by atoms with Crippen LogP contribution in [-0.4, -0.2) is 29.7 Å². The average Bonchev–Trinajstić information content (AvgIpc) is 2.35. The zero-order valence-corrected chi connectivity index (χ0v) is 10.6. The number of amides is 1. The molecule has 2 atom stereocenters. The molecular weight excluding hydrogens is 248 g/mol. The Morgan fingerprint density at radius 2 is 2.05 bits per heavy atom. The molecule has 6 nitrogen and oxygen atoms in total. The van der Waals surface area contributed by atoms with E-state index in [1.54, 1.807) is 0 Å². The zero-order valence-electron chi connectivity index (χ0n) is 10.6. The summed E-state index contributed by atoms with van der Waals surface area (Å²) in [5.41, 5.74) is 0.901.